The highest BCUT2D eigenvalue weighted by Crippen LogP contribution is 2.06. The molecule has 0 bridgehead atoms. The smallest absolute Gasteiger partial charge is 0.333 e. The van der Waals surface area contributed by atoms with Crippen LogP contribution in [-0.4, -0.2) is 13.1 Å². The lowest BCUT2D eigenvalue weighted by molar-refractivity contribution is -0.136. The van der Waals surface area contributed by atoms with Crippen LogP contribution < -0.4 is 6.15 Å². The van der Waals surface area contributed by atoms with E-state index in [1.807, 2.05) is 30.3 Å². The fourth-order valence-corrected chi connectivity index (χ4v) is 1.06. The number of benzene rings is 1. The minimum Gasteiger partial charge on any atom is -0.466 e. The topological polar surface area (TPSA) is 61.3 Å². The molecule has 0 radical (unpaired) electrons. The monoisotopic (exact) mass is 229 g/mol. The second kappa shape index (κ2) is 8.03. The Morgan fingerprint density at radius 1 is 1.33 bits per heavy atom. The quantitative estimate of drug-likeness (QED) is 0.640. The van der Waals surface area contributed by atoms with E-state index in [0.717, 1.165) is 5.56 Å². The van der Waals surface area contributed by atoms with Crippen molar-refractivity contribution in [1.82, 2.24) is 6.15 Å². The van der Waals surface area contributed by atoms with Gasteiger partial charge in [-0.15, -0.1) is 12.4 Å². The fourth-order valence-electron chi connectivity index (χ4n) is 1.06. The highest BCUT2D eigenvalue weighted by Gasteiger charge is 2.06. The van der Waals surface area contributed by atoms with Crippen LogP contribution in [-0.2, 0) is 16.0 Å². The van der Waals surface area contributed by atoms with Gasteiger partial charge < -0.3 is 10.9 Å². The largest absolute Gasteiger partial charge is 0.466 e. The van der Waals surface area contributed by atoms with E-state index in [1.165, 1.54) is 7.11 Å². The summed E-state index contributed by atoms with van der Waals surface area (Å²) in [5.74, 6) is -0.344. The number of carbonyl (C=O) groups excluding carboxylic acids is 1. The van der Waals surface area contributed by atoms with E-state index in [0.29, 0.717) is 12.0 Å². The maximum Gasteiger partial charge on any atom is 0.333 e. The standard InChI is InChI=1S/C11H12O2.ClH.H3N/c1-9(11(12)13-2)8-10-6-4-3-5-7-10;;/h3-7H,1,8H2,2H3;1H;1H3. The SMILES string of the molecule is C=C(Cc1ccccc1)C(=O)OC.Cl.N. The van der Waals surface area contributed by atoms with Crippen LogP contribution >= 0.6 is 12.4 Å². The minimum absolute atomic E-state index is 0. The molecule has 84 valence electrons. The molecule has 1 aromatic carbocycles. The average molecular weight is 230 g/mol. The Balaban J connectivity index is 0. The molecule has 0 fully saturated rings. The second-order valence-corrected chi connectivity index (χ2v) is 2.76. The Hall–Kier alpha value is -1.32. The normalized spacial score (nSPS) is 8.07. The first-order chi connectivity index (χ1) is 6.24. The van der Waals surface area contributed by atoms with E-state index in [9.17, 15) is 4.79 Å². The van der Waals surface area contributed by atoms with Crippen molar-refractivity contribution in [3.8, 4) is 0 Å². The molecule has 0 unspecified atom stereocenters. The van der Waals surface area contributed by atoms with Gasteiger partial charge in [0.25, 0.3) is 0 Å². The number of hydrogen-bond donors (Lipinski definition) is 1. The first-order valence-electron chi connectivity index (χ1n) is 4.04. The van der Waals surface area contributed by atoms with Crippen molar-refractivity contribution in [1.29, 1.82) is 0 Å². The molecule has 0 aliphatic carbocycles. The summed E-state index contributed by atoms with van der Waals surface area (Å²) < 4.78 is 4.55. The van der Waals surface area contributed by atoms with Gasteiger partial charge >= 0.3 is 5.97 Å². The molecule has 4 heteroatoms. The van der Waals surface area contributed by atoms with Gasteiger partial charge in [-0.3, -0.25) is 0 Å². The molecule has 0 aliphatic heterocycles. The van der Waals surface area contributed by atoms with Gasteiger partial charge in [0.15, 0.2) is 0 Å². The summed E-state index contributed by atoms with van der Waals surface area (Å²) in [6, 6.07) is 9.70. The van der Waals surface area contributed by atoms with Crippen molar-refractivity contribution in [3.05, 3.63) is 48.0 Å². The van der Waals surface area contributed by atoms with Crippen LogP contribution in [0, 0.1) is 0 Å². The zero-order chi connectivity index (χ0) is 9.68. The molecular formula is C11H16ClNO2. The maximum atomic E-state index is 11.0. The van der Waals surface area contributed by atoms with Crippen molar-refractivity contribution >= 4 is 18.4 Å². The third-order valence-corrected chi connectivity index (χ3v) is 1.73. The average Bonchev–Trinajstić information content (AvgIpc) is 2.18. The van der Waals surface area contributed by atoms with Crippen LogP contribution in [0.5, 0.6) is 0 Å². The molecule has 0 atom stereocenters. The summed E-state index contributed by atoms with van der Waals surface area (Å²) in [6.07, 6.45) is 0.549. The number of rotatable bonds is 3. The van der Waals surface area contributed by atoms with Crippen molar-refractivity contribution in [2.24, 2.45) is 0 Å². The first kappa shape index (κ1) is 16.1. The summed E-state index contributed by atoms with van der Waals surface area (Å²) in [5.41, 5.74) is 1.55. The third kappa shape index (κ3) is 5.20. The summed E-state index contributed by atoms with van der Waals surface area (Å²) in [6.45, 7) is 3.65. The van der Waals surface area contributed by atoms with Crippen LogP contribution in [0.1, 0.15) is 5.56 Å². The zero-order valence-electron chi connectivity index (χ0n) is 8.73. The van der Waals surface area contributed by atoms with Gasteiger partial charge in [0.2, 0.25) is 0 Å². The Kier molecular flexibility index (Phi) is 8.63. The molecule has 3 nitrogen and oxygen atoms in total. The molecule has 0 spiro atoms. The van der Waals surface area contributed by atoms with Crippen LogP contribution in [0.4, 0.5) is 0 Å². The van der Waals surface area contributed by atoms with Gasteiger partial charge in [0.1, 0.15) is 0 Å². The highest BCUT2D eigenvalue weighted by atomic mass is 35.5. The zero-order valence-corrected chi connectivity index (χ0v) is 9.55. The molecule has 0 aliphatic rings. The Morgan fingerprint density at radius 3 is 2.33 bits per heavy atom. The van der Waals surface area contributed by atoms with Gasteiger partial charge in [-0.25, -0.2) is 4.79 Å². The maximum absolute atomic E-state index is 11.0. The van der Waals surface area contributed by atoms with Crippen molar-refractivity contribution < 1.29 is 9.53 Å². The molecule has 15 heavy (non-hydrogen) atoms. The summed E-state index contributed by atoms with van der Waals surface area (Å²) >= 11 is 0. The lowest BCUT2D eigenvalue weighted by atomic mass is 10.1. The molecule has 0 heterocycles. The van der Waals surface area contributed by atoms with Gasteiger partial charge in [-0.2, -0.15) is 0 Å². The molecule has 1 rings (SSSR count). The number of carbonyl (C=O) groups is 1. The predicted octanol–water partition coefficient (Wildman–Crippen LogP) is 2.54. The third-order valence-electron chi connectivity index (χ3n) is 1.73. The number of esters is 1. The van der Waals surface area contributed by atoms with Crippen molar-refractivity contribution in [3.63, 3.8) is 0 Å². The summed E-state index contributed by atoms with van der Waals surface area (Å²) in [7, 11) is 1.36. The van der Waals surface area contributed by atoms with E-state index < -0.39 is 0 Å². The van der Waals surface area contributed by atoms with E-state index in [1.54, 1.807) is 0 Å². The van der Waals surface area contributed by atoms with Gasteiger partial charge in [0.05, 0.1) is 7.11 Å². The van der Waals surface area contributed by atoms with E-state index >= 15 is 0 Å². The minimum atomic E-state index is -0.344. The summed E-state index contributed by atoms with van der Waals surface area (Å²) in [4.78, 5) is 11.0. The molecule has 0 saturated carbocycles. The number of ether oxygens (including phenoxy) is 1. The summed E-state index contributed by atoms with van der Waals surface area (Å²) in [5, 5.41) is 0. The lowest BCUT2D eigenvalue weighted by Gasteiger charge is -2.02. The Morgan fingerprint density at radius 2 is 1.87 bits per heavy atom. The molecule has 0 amide bonds. The van der Waals surface area contributed by atoms with Gasteiger partial charge in [-0.1, -0.05) is 36.9 Å². The van der Waals surface area contributed by atoms with E-state index in [2.05, 4.69) is 11.3 Å². The van der Waals surface area contributed by atoms with E-state index in [-0.39, 0.29) is 24.5 Å². The van der Waals surface area contributed by atoms with Crippen molar-refractivity contribution in [2.45, 2.75) is 6.42 Å². The van der Waals surface area contributed by atoms with Crippen LogP contribution in [0.25, 0.3) is 0 Å². The van der Waals surface area contributed by atoms with Crippen LogP contribution in [0.2, 0.25) is 0 Å². The molecular weight excluding hydrogens is 214 g/mol. The molecule has 0 aromatic heterocycles. The van der Waals surface area contributed by atoms with Crippen molar-refractivity contribution in [2.75, 3.05) is 7.11 Å². The Bertz CT molecular complexity index is 312. The van der Waals surface area contributed by atoms with Gasteiger partial charge in [0, 0.05) is 12.0 Å². The van der Waals surface area contributed by atoms with Gasteiger partial charge in [-0.05, 0) is 5.56 Å². The predicted molar refractivity (Wildman–Crippen MR) is 63.6 cm³/mol. The van der Waals surface area contributed by atoms with Crippen LogP contribution in [0.3, 0.4) is 0 Å². The highest BCUT2D eigenvalue weighted by molar-refractivity contribution is 5.88. The Labute approximate surface area is 96.1 Å². The first-order valence-corrected chi connectivity index (χ1v) is 4.04. The second-order valence-electron chi connectivity index (χ2n) is 2.76. The number of halogens is 1. The number of methoxy groups -OCH3 is 1. The molecule has 1 aromatic rings. The fraction of sp³-hybridized carbons (Fsp3) is 0.182. The number of hydrogen-bond acceptors (Lipinski definition) is 3. The lowest BCUT2D eigenvalue weighted by Crippen LogP contribution is -2.05. The molecule has 0 saturated heterocycles. The molecule has 3 N–H and O–H groups in total. The van der Waals surface area contributed by atoms with Crippen LogP contribution in [0.15, 0.2) is 42.5 Å². The van der Waals surface area contributed by atoms with E-state index in [4.69, 9.17) is 0 Å².